The van der Waals surface area contributed by atoms with Crippen molar-refractivity contribution in [3.63, 3.8) is 0 Å². The number of thioether (sulfide) groups is 1. The van der Waals surface area contributed by atoms with E-state index in [0.717, 1.165) is 36.9 Å². The molecule has 2 aromatic rings. The summed E-state index contributed by atoms with van der Waals surface area (Å²) in [7, 11) is 0. The lowest BCUT2D eigenvalue weighted by Crippen LogP contribution is -2.36. The summed E-state index contributed by atoms with van der Waals surface area (Å²) in [6, 6.07) is 17.2. The normalized spacial score (nSPS) is 15.0. The number of nitrogens with zero attached hydrogens (tertiary/aromatic N) is 1. The van der Waals surface area contributed by atoms with Gasteiger partial charge in [-0.25, -0.2) is 0 Å². The lowest BCUT2D eigenvalue weighted by atomic mass is 10.2. The number of rotatable bonds is 7. The second kappa shape index (κ2) is 10.1. The molecule has 0 saturated carbocycles. The minimum atomic E-state index is -0.859. The molecule has 148 valence electrons. The van der Waals surface area contributed by atoms with Crippen molar-refractivity contribution in [2.24, 2.45) is 0 Å². The van der Waals surface area contributed by atoms with Crippen molar-refractivity contribution in [3.8, 4) is 0 Å². The van der Waals surface area contributed by atoms with E-state index in [0.29, 0.717) is 5.69 Å². The van der Waals surface area contributed by atoms with Crippen LogP contribution in [-0.4, -0.2) is 50.0 Å². The summed E-state index contributed by atoms with van der Waals surface area (Å²) in [5.41, 5.74) is 1.77. The molecule has 1 saturated heterocycles. The maximum atomic E-state index is 12.3. The molecule has 3 rings (SSSR count). The van der Waals surface area contributed by atoms with E-state index >= 15 is 0 Å². The molecule has 1 heterocycles. The van der Waals surface area contributed by atoms with Gasteiger partial charge in [-0.15, -0.1) is 11.8 Å². The van der Waals surface area contributed by atoms with Gasteiger partial charge in [0.15, 0.2) is 6.10 Å². The number of ether oxygens (including phenoxy) is 2. The summed E-state index contributed by atoms with van der Waals surface area (Å²) in [5, 5.41) is 2.78. The van der Waals surface area contributed by atoms with E-state index in [1.807, 2.05) is 54.6 Å². The predicted octanol–water partition coefficient (Wildman–Crippen LogP) is 3.19. The van der Waals surface area contributed by atoms with Gasteiger partial charge in [-0.2, -0.15) is 0 Å². The largest absolute Gasteiger partial charge is 0.452 e. The second-order valence-corrected chi connectivity index (χ2v) is 7.42. The van der Waals surface area contributed by atoms with Gasteiger partial charge in [0.1, 0.15) is 0 Å². The molecule has 0 unspecified atom stereocenters. The van der Waals surface area contributed by atoms with Crippen LogP contribution in [0.4, 0.5) is 11.4 Å². The van der Waals surface area contributed by atoms with Crippen LogP contribution in [0, 0.1) is 0 Å². The summed E-state index contributed by atoms with van der Waals surface area (Å²) in [5.74, 6) is -0.605. The van der Waals surface area contributed by atoms with Crippen LogP contribution in [-0.2, 0) is 19.1 Å². The zero-order valence-electron chi connectivity index (χ0n) is 15.8. The van der Waals surface area contributed by atoms with Crippen LogP contribution >= 0.6 is 11.8 Å². The number of amides is 1. The Balaban J connectivity index is 1.44. The van der Waals surface area contributed by atoms with E-state index < -0.39 is 12.1 Å². The van der Waals surface area contributed by atoms with Crippen molar-refractivity contribution in [1.29, 1.82) is 0 Å². The lowest BCUT2D eigenvalue weighted by molar-refractivity contribution is -0.150. The van der Waals surface area contributed by atoms with Crippen molar-refractivity contribution in [2.75, 3.05) is 42.3 Å². The molecular weight excluding hydrogens is 376 g/mol. The molecule has 6 nitrogen and oxygen atoms in total. The Morgan fingerprint density at radius 1 is 1.11 bits per heavy atom. The maximum Gasteiger partial charge on any atom is 0.317 e. The monoisotopic (exact) mass is 400 g/mol. The fourth-order valence-corrected chi connectivity index (χ4v) is 3.47. The average Bonchev–Trinajstić information content (AvgIpc) is 2.74. The summed E-state index contributed by atoms with van der Waals surface area (Å²) in [6.45, 7) is 4.75. The first-order valence-corrected chi connectivity index (χ1v) is 10.2. The van der Waals surface area contributed by atoms with E-state index in [9.17, 15) is 9.59 Å². The van der Waals surface area contributed by atoms with E-state index in [1.165, 1.54) is 11.8 Å². The molecule has 0 aliphatic carbocycles. The SMILES string of the molecule is C[C@H](OC(=O)CSc1ccccc1)C(=O)Nc1ccc(N2CCOCC2)cc1. The molecule has 1 atom stereocenters. The molecule has 1 N–H and O–H groups in total. The molecule has 7 heteroatoms. The number of benzene rings is 2. The molecule has 0 spiro atoms. The number of nitrogens with one attached hydrogen (secondary N) is 1. The molecule has 1 fully saturated rings. The number of hydrogen-bond acceptors (Lipinski definition) is 6. The third-order valence-corrected chi connectivity index (χ3v) is 5.27. The molecule has 2 aromatic carbocycles. The highest BCUT2D eigenvalue weighted by molar-refractivity contribution is 8.00. The summed E-state index contributed by atoms with van der Waals surface area (Å²) in [4.78, 5) is 27.5. The molecule has 1 amide bonds. The Labute approximate surface area is 169 Å². The van der Waals surface area contributed by atoms with Crippen molar-refractivity contribution in [1.82, 2.24) is 0 Å². The third kappa shape index (κ3) is 6.00. The Morgan fingerprint density at radius 2 is 1.79 bits per heavy atom. The van der Waals surface area contributed by atoms with Gasteiger partial charge in [0, 0.05) is 29.4 Å². The minimum Gasteiger partial charge on any atom is -0.452 e. The zero-order valence-corrected chi connectivity index (χ0v) is 16.6. The summed E-state index contributed by atoms with van der Waals surface area (Å²) >= 11 is 1.38. The van der Waals surface area contributed by atoms with Crippen LogP contribution in [0.15, 0.2) is 59.5 Å². The number of carbonyl (C=O) groups excluding carboxylic acids is 2. The Morgan fingerprint density at radius 3 is 2.46 bits per heavy atom. The first-order valence-electron chi connectivity index (χ1n) is 9.23. The second-order valence-electron chi connectivity index (χ2n) is 6.37. The van der Waals surface area contributed by atoms with Crippen molar-refractivity contribution >= 4 is 35.0 Å². The van der Waals surface area contributed by atoms with Crippen molar-refractivity contribution < 1.29 is 19.1 Å². The number of morpholine rings is 1. The first-order chi connectivity index (χ1) is 13.6. The average molecular weight is 401 g/mol. The molecule has 0 aromatic heterocycles. The topological polar surface area (TPSA) is 67.9 Å². The fraction of sp³-hybridized carbons (Fsp3) is 0.333. The van der Waals surface area contributed by atoms with Gasteiger partial charge in [0.25, 0.3) is 5.91 Å². The van der Waals surface area contributed by atoms with Gasteiger partial charge in [-0.1, -0.05) is 18.2 Å². The van der Waals surface area contributed by atoms with Crippen LogP contribution in [0.2, 0.25) is 0 Å². The molecule has 0 bridgehead atoms. The number of anilines is 2. The van der Waals surface area contributed by atoms with E-state index in [1.54, 1.807) is 6.92 Å². The summed E-state index contributed by atoms with van der Waals surface area (Å²) < 4.78 is 10.6. The van der Waals surface area contributed by atoms with Crippen LogP contribution in [0.1, 0.15) is 6.92 Å². The molecule has 1 aliphatic heterocycles. The highest BCUT2D eigenvalue weighted by Gasteiger charge is 2.18. The van der Waals surface area contributed by atoms with Crippen molar-refractivity contribution in [3.05, 3.63) is 54.6 Å². The van der Waals surface area contributed by atoms with Crippen molar-refractivity contribution in [2.45, 2.75) is 17.9 Å². The van der Waals surface area contributed by atoms with Gasteiger partial charge >= 0.3 is 5.97 Å². The van der Waals surface area contributed by atoms with E-state index in [4.69, 9.17) is 9.47 Å². The van der Waals surface area contributed by atoms with Crippen LogP contribution in [0.25, 0.3) is 0 Å². The van der Waals surface area contributed by atoms with Crippen LogP contribution in [0.3, 0.4) is 0 Å². The van der Waals surface area contributed by atoms with Gasteiger partial charge in [-0.3, -0.25) is 9.59 Å². The van der Waals surface area contributed by atoms with Crippen LogP contribution < -0.4 is 10.2 Å². The van der Waals surface area contributed by atoms with Gasteiger partial charge < -0.3 is 19.7 Å². The van der Waals surface area contributed by atoms with E-state index in [2.05, 4.69) is 10.2 Å². The molecule has 0 radical (unpaired) electrons. The Kier molecular flexibility index (Phi) is 7.33. The fourth-order valence-electron chi connectivity index (χ4n) is 2.76. The minimum absolute atomic E-state index is 0.163. The summed E-state index contributed by atoms with van der Waals surface area (Å²) in [6.07, 6.45) is -0.859. The van der Waals surface area contributed by atoms with Gasteiger partial charge in [0.05, 0.1) is 19.0 Å². The zero-order chi connectivity index (χ0) is 19.8. The number of esters is 1. The molecule has 28 heavy (non-hydrogen) atoms. The highest BCUT2D eigenvalue weighted by Crippen LogP contribution is 2.20. The smallest absolute Gasteiger partial charge is 0.317 e. The molecule has 1 aliphatic rings. The van der Waals surface area contributed by atoms with Gasteiger partial charge in [0.2, 0.25) is 0 Å². The lowest BCUT2D eigenvalue weighted by Gasteiger charge is -2.28. The number of carbonyl (C=O) groups is 2. The molecular formula is C21H24N2O4S. The number of hydrogen-bond donors (Lipinski definition) is 1. The predicted molar refractivity (Wildman–Crippen MR) is 111 cm³/mol. The quantitative estimate of drug-likeness (QED) is 0.569. The Hall–Kier alpha value is -2.51. The van der Waals surface area contributed by atoms with E-state index in [-0.39, 0.29) is 11.7 Å². The maximum absolute atomic E-state index is 12.3. The highest BCUT2D eigenvalue weighted by atomic mass is 32.2. The van der Waals surface area contributed by atoms with Gasteiger partial charge in [-0.05, 0) is 43.3 Å². The first kappa shape index (κ1) is 20.2. The third-order valence-electron chi connectivity index (χ3n) is 4.29. The van der Waals surface area contributed by atoms with Crippen LogP contribution in [0.5, 0.6) is 0 Å². The standard InChI is InChI=1S/C21H24N2O4S/c1-16(27-20(24)15-28-19-5-3-2-4-6-19)21(25)22-17-7-9-18(10-8-17)23-11-13-26-14-12-23/h2-10,16H,11-15H2,1H3,(H,22,25)/t16-/m0/s1. The Bertz CT molecular complexity index is 777.